The molecule has 2 aromatic rings. The zero-order chi connectivity index (χ0) is 14.7. The fourth-order valence-corrected chi connectivity index (χ4v) is 2.69. The number of amides is 1. The zero-order valence-corrected chi connectivity index (χ0v) is 13.1. The summed E-state index contributed by atoms with van der Waals surface area (Å²) in [4.78, 5) is 12.1. The molecule has 0 heterocycles. The van der Waals surface area contributed by atoms with E-state index in [0.29, 0.717) is 17.8 Å². The average Bonchev–Trinajstić information content (AvgIpc) is 2.36. The van der Waals surface area contributed by atoms with Crippen molar-refractivity contribution in [3.05, 3.63) is 57.6 Å². The molecule has 0 aliphatic heterocycles. The van der Waals surface area contributed by atoms with Gasteiger partial charge in [-0.1, -0.05) is 40.2 Å². The predicted molar refractivity (Wildman–Crippen MR) is 86.8 cm³/mol. The number of halogens is 1. The lowest BCUT2D eigenvalue weighted by Crippen LogP contribution is -2.17. The summed E-state index contributed by atoms with van der Waals surface area (Å²) in [7, 11) is 0. The van der Waals surface area contributed by atoms with Gasteiger partial charge >= 0.3 is 0 Å². The molecule has 0 fully saturated rings. The van der Waals surface area contributed by atoms with Crippen LogP contribution in [0, 0.1) is 13.8 Å². The van der Waals surface area contributed by atoms with Crippen molar-refractivity contribution in [1.29, 1.82) is 0 Å². The molecule has 2 aromatic carbocycles. The van der Waals surface area contributed by atoms with Gasteiger partial charge in [0.1, 0.15) is 0 Å². The van der Waals surface area contributed by atoms with Gasteiger partial charge in [0.2, 0.25) is 5.91 Å². The largest absolute Gasteiger partial charge is 0.397 e. The Balaban J connectivity index is 2.15. The van der Waals surface area contributed by atoms with Crippen LogP contribution >= 0.6 is 15.9 Å². The number of benzene rings is 2. The fraction of sp³-hybridized carbons (Fsp3) is 0.188. The first-order valence-corrected chi connectivity index (χ1v) is 7.16. The number of nitrogens with one attached hydrogen (secondary N) is 1. The van der Waals surface area contributed by atoms with Crippen molar-refractivity contribution in [2.24, 2.45) is 0 Å². The third kappa shape index (κ3) is 3.39. The highest BCUT2D eigenvalue weighted by Gasteiger charge is 2.10. The van der Waals surface area contributed by atoms with E-state index < -0.39 is 0 Å². The molecular formula is C16H17BrN2O. The molecule has 2 rings (SSSR count). The van der Waals surface area contributed by atoms with E-state index in [1.54, 1.807) is 6.07 Å². The number of aryl methyl sites for hydroxylation is 2. The number of hydrogen-bond donors (Lipinski definition) is 2. The minimum Gasteiger partial charge on any atom is -0.397 e. The van der Waals surface area contributed by atoms with Crippen LogP contribution in [0.2, 0.25) is 0 Å². The Morgan fingerprint density at radius 3 is 2.55 bits per heavy atom. The molecule has 0 radical (unpaired) electrons. The second-order valence-corrected chi connectivity index (χ2v) is 5.75. The van der Waals surface area contributed by atoms with Crippen LogP contribution in [0.15, 0.2) is 40.9 Å². The lowest BCUT2D eigenvalue weighted by Gasteiger charge is -2.12. The van der Waals surface area contributed by atoms with Gasteiger partial charge in [-0.15, -0.1) is 0 Å². The zero-order valence-electron chi connectivity index (χ0n) is 11.5. The van der Waals surface area contributed by atoms with Gasteiger partial charge in [-0.05, 0) is 42.7 Å². The standard InChI is InChI=1S/C16H17BrN2O/c1-10-5-3-4-6-12(10)8-15(20)19-16-11(2)7-13(17)9-14(16)18/h3-7,9H,8,18H2,1-2H3,(H,19,20). The van der Waals surface area contributed by atoms with Crippen LogP contribution < -0.4 is 11.1 Å². The molecule has 104 valence electrons. The number of hydrogen-bond acceptors (Lipinski definition) is 2. The van der Waals surface area contributed by atoms with Gasteiger partial charge in [0.15, 0.2) is 0 Å². The first-order chi connectivity index (χ1) is 9.47. The third-order valence-corrected chi connectivity index (χ3v) is 3.67. The highest BCUT2D eigenvalue weighted by atomic mass is 79.9. The van der Waals surface area contributed by atoms with E-state index in [0.717, 1.165) is 21.2 Å². The van der Waals surface area contributed by atoms with Gasteiger partial charge in [-0.3, -0.25) is 4.79 Å². The number of nitrogens with two attached hydrogens (primary N) is 1. The highest BCUT2D eigenvalue weighted by Crippen LogP contribution is 2.27. The topological polar surface area (TPSA) is 55.1 Å². The molecule has 0 aromatic heterocycles. The average molecular weight is 333 g/mol. The summed E-state index contributed by atoms with van der Waals surface area (Å²) >= 11 is 3.38. The van der Waals surface area contributed by atoms with Crippen LogP contribution in [0.3, 0.4) is 0 Å². The summed E-state index contributed by atoms with van der Waals surface area (Å²) < 4.78 is 0.907. The minimum atomic E-state index is -0.0589. The molecule has 0 aliphatic rings. The van der Waals surface area contributed by atoms with E-state index in [9.17, 15) is 4.79 Å². The van der Waals surface area contributed by atoms with Gasteiger partial charge < -0.3 is 11.1 Å². The molecule has 3 nitrogen and oxygen atoms in total. The Labute approximate surface area is 127 Å². The monoisotopic (exact) mass is 332 g/mol. The Morgan fingerprint density at radius 1 is 1.20 bits per heavy atom. The normalized spacial score (nSPS) is 10.3. The van der Waals surface area contributed by atoms with Crippen LogP contribution in [0.5, 0.6) is 0 Å². The van der Waals surface area contributed by atoms with Crippen LogP contribution in [-0.2, 0) is 11.2 Å². The molecule has 0 atom stereocenters. The van der Waals surface area contributed by atoms with Crippen molar-refractivity contribution >= 4 is 33.2 Å². The maximum absolute atomic E-state index is 12.1. The van der Waals surface area contributed by atoms with Gasteiger partial charge in [0.25, 0.3) is 0 Å². The molecule has 0 bridgehead atoms. The highest BCUT2D eigenvalue weighted by molar-refractivity contribution is 9.10. The Hall–Kier alpha value is -1.81. The summed E-state index contributed by atoms with van der Waals surface area (Å²) in [5, 5.41) is 2.90. The summed E-state index contributed by atoms with van der Waals surface area (Å²) in [5.41, 5.74) is 10.3. The van der Waals surface area contributed by atoms with Gasteiger partial charge in [0.05, 0.1) is 17.8 Å². The molecule has 20 heavy (non-hydrogen) atoms. The Kier molecular flexibility index (Phi) is 4.45. The lowest BCUT2D eigenvalue weighted by molar-refractivity contribution is -0.115. The molecule has 0 saturated heterocycles. The Morgan fingerprint density at radius 2 is 1.90 bits per heavy atom. The van der Waals surface area contributed by atoms with Crippen LogP contribution in [0.25, 0.3) is 0 Å². The second kappa shape index (κ2) is 6.09. The summed E-state index contributed by atoms with van der Waals surface area (Å²) in [6.07, 6.45) is 0.349. The molecule has 0 unspecified atom stereocenters. The van der Waals surface area contributed by atoms with Crippen molar-refractivity contribution in [3.8, 4) is 0 Å². The SMILES string of the molecule is Cc1ccccc1CC(=O)Nc1c(C)cc(Br)cc1N. The first kappa shape index (κ1) is 14.6. The number of nitrogen functional groups attached to an aromatic ring is 1. The van der Waals surface area contributed by atoms with E-state index in [1.165, 1.54) is 0 Å². The molecule has 3 N–H and O–H groups in total. The van der Waals surface area contributed by atoms with Crippen molar-refractivity contribution in [2.45, 2.75) is 20.3 Å². The van der Waals surface area contributed by atoms with Gasteiger partial charge in [0, 0.05) is 4.47 Å². The van der Waals surface area contributed by atoms with E-state index in [2.05, 4.69) is 21.2 Å². The van der Waals surface area contributed by atoms with Crippen molar-refractivity contribution < 1.29 is 4.79 Å². The third-order valence-electron chi connectivity index (χ3n) is 3.21. The number of carbonyl (C=O) groups excluding carboxylic acids is 1. The molecule has 4 heteroatoms. The Bertz CT molecular complexity index is 630. The van der Waals surface area contributed by atoms with E-state index >= 15 is 0 Å². The van der Waals surface area contributed by atoms with E-state index in [1.807, 2.05) is 44.2 Å². The molecule has 0 spiro atoms. The summed E-state index contributed by atoms with van der Waals surface area (Å²) in [5.74, 6) is -0.0589. The maximum Gasteiger partial charge on any atom is 0.228 e. The minimum absolute atomic E-state index is 0.0589. The second-order valence-electron chi connectivity index (χ2n) is 4.84. The lowest BCUT2D eigenvalue weighted by atomic mass is 10.1. The van der Waals surface area contributed by atoms with Crippen LogP contribution in [0.1, 0.15) is 16.7 Å². The first-order valence-electron chi connectivity index (χ1n) is 6.37. The van der Waals surface area contributed by atoms with Gasteiger partial charge in [-0.25, -0.2) is 0 Å². The molecule has 0 aliphatic carbocycles. The maximum atomic E-state index is 12.1. The van der Waals surface area contributed by atoms with Crippen molar-refractivity contribution in [3.63, 3.8) is 0 Å². The smallest absolute Gasteiger partial charge is 0.228 e. The number of rotatable bonds is 3. The van der Waals surface area contributed by atoms with E-state index in [-0.39, 0.29) is 5.91 Å². The van der Waals surface area contributed by atoms with Crippen molar-refractivity contribution in [1.82, 2.24) is 0 Å². The summed E-state index contributed by atoms with van der Waals surface area (Å²) in [6, 6.07) is 11.6. The number of anilines is 2. The molecule has 1 amide bonds. The quantitative estimate of drug-likeness (QED) is 0.839. The van der Waals surface area contributed by atoms with E-state index in [4.69, 9.17) is 5.73 Å². The molecular weight excluding hydrogens is 316 g/mol. The summed E-state index contributed by atoms with van der Waals surface area (Å²) in [6.45, 7) is 3.92. The fourth-order valence-electron chi connectivity index (χ4n) is 2.10. The predicted octanol–water partition coefficient (Wildman–Crippen LogP) is 3.83. The molecule has 0 saturated carbocycles. The van der Waals surface area contributed by atoms with Crippen LogP contribution in [-0.4, -0.2) is 5.91 Å². The number of carbonyl (C=O) groups is 1. The van der Waals surface area contributed by atoms with Crippen molar-refractivity contribution in [2.75, 3.05) is 11.1 Å². The van der Waals surface area contributed by atoms with Gasteiger partial charge in [-0.2, -0.15) is 0 Å². The van der Waals surface area contributed by atoms with Crippen LogP contribution in [0.4, 0.5) is 11.4 Å².